The summed E-state index contributed by atoms with van der Waals surface area (Å²) in [4.78, 5) is 0.321. The molecule has 0 amide bonds. The normalized spacial score (nSPS) is 18.1. The Morgan fingerprint density at radius 2 is 2.06 bits per heavy atom. The predicted octanol–water partition coefficient (Wildman–Crippen LogP) is 2.39. The van der Waals surface area contributed by atoms with Gasteiger partial charge in [0, 0.05) is 28.9 Å². The summed E-state index contributed by atoms with van der Waals surface area (Å²) in [5.74, 6) is 0. The number of hydrogen-bond acceptors (Lipinski definition) is 3. The topological polar surface area (TPSA) is 46.2 Å². The van der Waals surface area contributed by atoms with Crippen molar-refractivity contribution in [1.82, 2.24) is 5.32 Å². The van der Waals surface area contributed by atoms with Crippen LogP contribution in [0.1, 0.15) is 25.3 Å². The number of halogens is 1. The van der Waals surface area contributed by atoms with Crippen molar-refractivity contribution in [3.05, 3.63) is 28.8 Å². The second kappa shape index (κ2) is 4.26. The molecule has 1 aromatic rings. The van der Waals surface area contributed by atoms with Crippen LogP contribution in [-0.4, -0.2) is 20.2 Å². The standard InChI is InChI=1S/C12H16ClNO2S/c1-12(6-7-12)14-8-9-10(13)4-3-5-11(9)17(2,15)16/h3-5,14H,6-8H2,1-2H3. The van der Waals surface area contributed by atoms with Crippen LogP contribution in [0.3, 0.4) is 0 Å². The molecule has 0 saturated heterocycles. The fraction of sp³-hybridized carbons (Fsp3) is 0.500. The molecule has 17 heavy (non-hydrogen) atoms. The van der Waals surface area contributed by atoms with E-state index in [0.717, 1.165) is 12.8 Å². The summed E-state index contributed by atoms with van der Waals surface area (Å²) in [5.41, 5.74) is 0.832. The summed E-state index contributed by atoms with van der Waals surface area (Å²) in [6, 6.07) is 5.00. The summed E-state index contributed by atoms with van der Waals surface area (Å²) in [7, 11) is -3.23. The van der Waals surface area contributed by atoms with Crippen molar-refractivity contribution in [2.45, 2.75) is 36.7 Å². The molecule has 5 heteroatoms. The first-order valence-corrected chi connectivity index (χ1v) is 7.81. The third kappa shape index (κ3) is 3.00. The molecule has 2 rings (SSSR count). The summed E-state index contributed by atoms with van der Waals surface area (Å²) >= 11 is 6.08. The van der Waals surface area contributed by atoms with E-state index >= 15 is 0 Å². The minimum absolute atomic E-state index is 0.161. The van der Waals surface area contributed by atoms with Gasteiger partial charge in [0.2, 0.25) is 0 Å². The molecule has 0 aliphatic heterocycles. The van der Waals surface area contributed by atoms with Gasteiger partial charge >= 0.3 is 0 Å². The van der Waals surface area contributed by atoms with Crippen molar-refractivity contribution < 1.29 is 8.42 Å². The number of sulfone groups is 1. The van der Waals surface area contributed by atoms with Gasteiger partial charge in [-0.1, -0.05) is 17.7 Å². The van der Waals surface area contributed by atoms with Crippen molar-refractivity contribution in [2.24, 2.45) is 0 Å². The molecule has 0 atom stereocenters. The monoisotopic (exact) mass is 273 g/mol. The smallest absolute Gasteiger partial charge is 0.175 e. The van der Waals surface area contributed by atoms with Gasteiger partial charge in [-0.3, -0.25) is 0 Å². The zero-order valence-corrected chi connectivity index (χ0v) is 11.5. The van der Waals surface area contributed by atoms with Gasteiger partial charge in [0.25, 0.3) is 0 Å². The van der Waals surface area contributed by atoms with Gasteiger partial charge in [-0.25, -0.2) is 8.42 Å². The van der Waals surface area contributed by atoms with Gasteiger partial charge in [-0.05, 0) is 31.9 Å². The van der Waals surface area contributed by atoms with Gasteiger partial charge < -0.3 is 5.32 Å². The first-order valence-electron chi connectivity index (χ1n) is 5.54. The lowest BCUT2D eigenvalue weighted by Crippen LogP contribution is -2.27. The molecule has 0 bridgehead atoms. The molecular formula is C12H16ClNO2S. The average Bonchev–Trinajstić information content (AvgIpc) is 2.93. The van der Waals surface area contributed by atoms with Crippen LogP contribution in [0.4, 0.5) is 0 Å². The molecule has 94 valence electrons. The molecule has 0 spiro atoms. The quantitative estimate of drug-likeness (QED) is 0.916. The maximum Gasteiger partial charge on any atom is 0.175 e. The first-order chi connectivity index (χ1) is 7.82. The van der Waals surface area contributed by atoms with Crippen LogP contribution in [0.5, 0.6) is 0 Å². The molecular weight excluding hydrogens is 258 g/mol. The van der Waals surface area contributed by atoms with Gasteiger partial charge in [0.1, 0.15) is 0 Å². The molecule has 1 fully saturated rings. The number of rotatable bonds is 4. The highest BCUT2D eigenvalue weighted by molar-refractivity contribution is 7.90. The fourth-order valence-corrected chi connectivity index (χ4v) is 2.98. The van der Waals surface area contributed by atoms with Gasteiger partial charge in [-0.15, -0.1) is 0 Å². The first kappa shape index (κ1) is 12.9. The maximum absolute atomic E-state index is 11.7. The minimum Gasteiger partial charge on any atom is -0.307 e. The molecule has 1 aliphatic rings. The third-order valence-corrected chi connectivity index (χ3v) is 4.70. The Morgan fingerprint density at radius 1 is 1.41 bits per heavy atom. The van der Waals surface area contributed by atoms with Crippen LogP contribution in [0.2, 0.25) is 5.02 Å². The van der Waals surface area contributed by atoms with E-state index in [1.54, 1.807) is 18.2 Å². The van der Waals surface area contributed by atoms with Gasteiger partial charge in [0.15, 0.2) is 9.84 Å². The molecule has 3 nitrogen and oxygen atoms in total. The minimum atomic E-state index is -3.23. The van der Waals surface area contributed by atoms with Gasteiger partial charge in [-0.2, -0.15) is 0 Å². The number of nitrogens with one attached hydrogen (secondary N) is 1. The summed E-state index contributed by atoms with van der Waals surface area (Å²) in [6.07, 6.45) is 3.47. The van der Waals surface area contributed by atoms with E-state index in [0.29, 0.717) is 22.0 Å². The van der Waals surface area contributed by atoms with Crippen LogP contribution >= 0.6 is 11.6 Å². The Labute approximate surface area is 107 Å². The SMILES string of the molecule is CC1(NCc2c(Cl)cccc2S(C)(=O)=O)CC1. The highest BCUT2D eigenvalue weighted by Gasteiger charge is 2.36. The predicted molar refractivity (Wildman–Crippen MR) is 69.0 cm³/mol. The van der Waals surface area contributed by atoms with Crippen molar-refractivity contribution in [2.75, 3.05) is 6.26 Å². The second-order valence-electron chi connectivity index (χ2n) is 4.90. The zero-order chi connectivity index (χ0) is 12.7. The van der Waals surface area contributed by atoms with Crippen LogP contribution in [0.15, 0.2) is 23.1 Å². The molecule has 0 heterocycles. The molecule has 1 aliphatic carbocycles. The Hall–Kier alpha value is -0.580. The molecule has 1 saturated carbocycles. The second-order valence-corrected chi connectivity index (χ2v) is 7.29. The molecule has 0 unspecified atom stereocenters. The Kier molecular flexibility index (Phi) is 3.23. The van der Waals surface area contributed by atoms with E-state index in [9.17, 15) is 8.42 Å². The highest BCUT2D eigenvalue weighted by atomic mass is 35.5. The highest BCUT2D eigenvalue weighted by Crippen LogP contribution is 2.35. The maximum atomic E-state index is 11.7. The largest absolute Gasteiger partial charge is 0.307 e. The molecule has 1 aromatic carbocycles. The lowest BCUT2D eigenvalue weighted by atomic mass is 10.2. The van der Waals surface area contributed by atoms with Crippen molar-refractivity contribution in [1.29, 1.82) is 0 Å². The van der Waals surface area contributed by atoms with Crippen LogP contribution < -0.4 is 5.32 Å². The van der Waals surface area contributed by atoms with E-state index in [2.05, 4.69) is 12.2 Å². The van der Waals surface area contributed by atoms with Gasteiger partial charge in [0.05, 0.1) is 4.90 Å². The molecule has 0 aromatic heterocycles. The number of benzene rings is 1. The summed E-state index contributed by atoms with van der Waals surface area (Å²) < 4.78 is 23.3. The lowest BCUT2D eigenvalue weighted by molar-refractivity contribution is 0.532. The van der Waals surface area contributed by atoms with Crippen molar-refractivity contribution >= 4 is 21.4 Å². The lowest BCUT2D eigenvalue weighted by Gasteiger charge is -2.15. The fourth-order valence-electron chi connectivity index (χ4n) is 1.72. The average molecular weight is 274 g/mol. The Balaban J connectivity index is 2.30. The molecule has 0 radical (unpaired) electrons. The van der Waals surface area contributed by atoms with E-state index in [1.165, 1.54) is 6.26 Å². The van der Waals surface area contributed by atoms with Crippen LogP contribution in [-0.2, 0) is 16.4 Å². The van der Waals surface area contributed by atoms with E-state index in [-0.39, 0.29) is 5.54 Å². The van der Waals surface area contributed by atoms with E-state index in [1.807, 2.05) is 0 Å². The Bertz CT molecular complexity index is 535. The Morgan fingerprint density at radius 3 is 2.59 bits per heavy atom. The van der Waals surface area contributed by atoms with E-state index < -0.39 is 9.84 Å². The van der Waals surface area contributed by atoms with E-state index in [4.69, 9.17) is 11.6 Å². The zero-order valence-electron chi connectivity index (χ0n) is 9.96. The molecule has 1 N–H and O–H groups in total. The third-order valence-electron chi connectivity index (χ3n) is 3.17. The van der Waals surface area contributed by atoms with Crippen LogP contribution in [0, 0.1) is 0 Å². The number of hydrogen-bond donors (Lipinski definition) is 1. The van der Waals surface area contributed by atoms with Crippen molar-refractivity contribution in [3.8, 4) is 0 Å². The summed E-state index contributed by atoms with van der Waals surface area (Å²) in [6.45, 7) is 2.63. The summed E-state index contributed by atoms with van der Waals surface area (Å²) in [5, 5.41) is 3.86. The van der Waals surface area contributed by atoms with Crippen LogP contribution in [0.25, 0.3) is 0 Å². The van der Waals surface area contributed by atoms with Crippen molar-refractivity contribution in [3.63, 3.8) is 0 Å².